The number of halogens is 1. The molecular weight excluding hydrogens is 320 g/mol. The van der Waals surface area contributed by atoms with Gasteiger partial charge in [0.2, 0.25) is 0 Å². The molecule has 2 aromatic carbocycles. The Kier molecular flexibility index (Phi) is 6.56. The maximum atomic E-state index is 8.79. The van der Waals surface area contributed by atoms with Crippen LogP contribution in [0.4, 0.5) is 0 Å². The van der Waals surface area contributed by atoms with Crippen molar-refractivity contribution < 1.29 is 0 Å². The Hall–Kier alpha value is -2.61. The van der Waals surface area contributed by atoms with Crippen LogP contribution in [-0.2, 0) is 19.6 Å². The first-order valence-corrected chi connectivity index (χ1v) is 7.58. The summed E-state index contributed by atoms with van der Waals surface area (Å²) in [5.41, 5.74) is 4.37. The van der Waals surface area contributed by atoms with E-state index in [-0.39, 0.29) is 12.4 Å². The van der Waals surface area contributed by atoms with Gasteiger partial charge in [0.25, 0.3) is 0 Å². The average Bonchev–Trinajstić information content (AvgIpc) is 3.10. The van der Waals surface area contributed by atoms with E-state index in [1.165, 1.54) is 16.7 Å². The monoisotopic (exact) mass is 338 g/mol. The zero-order chi connectivity index (χ0) is 15.9. The molecule has 0 spiro atoms. The van der Waals surface area contributed by atoms with Gasteiger partial charge >= 0.3 is 0 Å². The minimum atomic E-state index is 0. The van der Waals surface area contributed by atoms with E-state index in [4.69, 9.17) is 5.26 Å². The number of benzene rings is 2. The van der Waals surface area contributed by atoms with Crippen molar-refractivity contribution in [1.82, 2.24) is 15.1 Å². The number of nitrogens with zero attached hydrogens (tertiary/aromatic N) is 3. The molecule has 4 nitrogen and oxygen atoms in total. The van der Waals surface area contributed by atoms with Gasteiger partial charge in [0, 0.05) is 25.5 Å². The third-order valence-corrected chi connectivity index (χ3v) is 3.67. The molecule has 1 heterocycles. The Bertz CT molecular complexity index is 772. The second kappa shape index (κ2) is 8.88. The van der Waals surface area contributed by atoms with Crippen LogP contribution in [0.3, 0.4) is 0 Å². The smallest absolute Gasteiger partial charge is 0.0991 e. The molecule has 1 N–H and O–H groups in total. The largest absolute Gasteiger partial charge is 0.309 e. The van der Waals surface area contributed by atoms with Crippen LogP contribution in [0.25, 0.3) is 0 Å². The van der Waals surface area contributed by atoms with Crippen LogP contribution in [0.2, 0.25) is 0 Å². The van der Waals surface area contributed by atoms with Gasteiger partial charge in [-0.3, -0.25) is 4.68 Å². The normalized spacial score (nSPS) is 9.96. The summed E-state index contributed by atoms with van der Waals surface area (Å²) in [5, 5.41) is 16.4. The predicted molar refractivity (Wildman–Crippen MR) is 96.7 cm³/mol. The molecule has 0 atom stereocenters. The number of nitriles is 1. The second-order valence-corrected chi connectivity index (χ2v) is 5.43. The van der Waals surface area contributed by atoms with Crippen LogP contribution < -0.4 is 5.32 Å². The highest BCUT2D eigenvalue weighted by Crippen LogP contribution is 2.07. The number of hydrogen-bond donors (Lipinski definition) is 1. The lowest BCUT2D eigenvalue weighted by Gasteiger charge is -2.07. The number of nitrogens with one attached hydrogen (secondary N) is 1. The first-order valence-electron chi connectivity index (χ1n) is 7.58. The van der Waals surface area contributed by atoms with Gasteiger partial charge in [0.15, 0.2) is 0 Å². The average molecular weight is 339 g/mol. The second-order valence-electron chi connectivity index (χ2n) is 5.43. The highest BCUT2D eigenvalue weighted by molar-refractivity contribution is 5.85. The Morgan fingerprint density at radius 1 is 0.917 bits per heavy atom. The molecule has 1 aromatic heterocycles. The summed E-state index contributed by atoms with van der Waals surface area (Å²) < 4.78 is 1.91. The fourth-order valence-electron chi connectivity index (χ4n) is 2.39. The number of hydrogen-bond acceptors (Lipinski definition) is 3. The molecule has 24 heavy (non-hydrogen) atoms. The maximum Gasteiger partial charge on any atom is 0.0991 e. The van der Waals surface area contributed by atoms with Crippen LogP contribution >= 0.6 is 12.4 Å². The molecule has 0 bridgehead atoms. The van der Waals surface area contributed by atoms with E-state index < -0.39 is 0 Å². The molecule has 0 radical (unpaired) electrons. The lowest BCUT2D eigenvalue weighted by molar-refractivity contribution is 0.682. The SMILES string of the molecule is Cl.N#Cc1ccc(CNCc2ccc(Cn3cccn3)cc2)cc1. The highest BCUT2D eigenvalue weighted by atomic mass is 35.5. The van der Waals surface area contributed by atoms with Crippen molar-refractivity contribution in [3.63, 3.8) is 0 Å². The summed E-state index contributed by atoms with van der Waals surface area (Å²) in [7, 11) is 0. The fraction of sp³-hybridized carbons (Fsp3) is 0.158. The van der Waals surface area contributed by atoms with E-state index in [0.717, 1.165) is 19.6 Å². The fourth-order valence-corrected chi connectivity index (χ4v) is 2.39. The van der Waals surface area contributed by atoms with Crippen molar-refractivity contribution in [2.24, 2.45) is 0 Å². The zero-order valence-electron chi connectivity index (χ0n) is 13.2. The molecule has 0 aliphatic carbocycles. The summed E-state index contributed by atoms with van der Waals surface area (Å²) >= 11 is 0. The highest BCUT2D eigenvalue weighted by Gasteiger charge is 1.98. The van der Waals surface area contributed by atoms with E-state index in [1.807, 2.05) is 41.2 Å². The number of aromatic nitrogens is 2. The van der Waals surface area contributed by atoms with Crippen molar-refractivity contribution in [2.75, 3.05) is 0 Å². The van der Waals surface area contributed by atoms with Gasteiger partial charge in [0.05, 0.1) is 18.2 Å². The molecular formula is C19H19ClN4. The van der Waals surface area contributed by atoms with Crippen LogP contribution in [0, 0.1) is 11.3 Å². The van der Waals surface area contributed by atoms with Crippen molar-refractivity contribution >= 4 is 12.4 Å². The van der Waals surface area contributed by atoms with E-state index in [9.17, 15) is 0 Å². The van der Waals surface area contributed by atoms with Gasteiger partial charge in [-0.15, -0.1) is 12.4 Å². The Labute approximate surface area is 148 Å². The van der Waals surface area contributed by atoms with Crippen LogP contribution in [-0.4, -0.2) is 9.78 Å². The quantitative estimate of drug-likeness (QED) is 0.748. The van der Waals surface area contributed by atoms with E-state index in [2.05, 4.69) is 40.8 Å². The first-order chi connectivity index (χ1) is 11.3. The molecule has 0 aliphatic rings. The molecule has 0 unspecified atom stereocenters. The Morgan fingerprint density at radius 3 is 2.04 bits per heavy atom. The molecule has 122 valence electrons. The Balaban J connectivity index is 0.00000208. The van der Waals surface area contributed by atoms with Gasteiger partial charge in [-0.1, -0.05) is 36.4 Å². The first kappa shape index (κ1) is 17.7. The summed E-state index contributed by atoms with van der Waals surface area (Å²) in [4.78, 5) is 0. The van der Waals surface area contributed by atoms with Crippen molar-refractivity contribution in [3.05, 3.63) is 89.2 Å². The molecule has 0 saturated heterocycles. The van der Waals surface area contributed by atoms with Crippen LogP contribution in [0.5, 0.6) is 0 Å². The maximum absolute atomic E-state index is 8.79. The minimum Gasteiger partial charge on any atom is -0.309 e. The summed E-state index contributed by atoms with van der Waals surface area (Å²) in [6.45, 7) is 2.41. The summed E-state index contributed by atoms with van der Waals surface area (Å²) in [6.07, 6.45) is 3.76. The lowest BCUT2D eigenvalue weighted by Crippen LogP contribution is -2.12. The van der Waals surface area contributed by atoms with E-state index in [0.29, 0.717) is 5.56 Å². The van der Waals surface area contributed by atoms with Crippen molar-refractivity contribution in [3.8, 4) is 6.07 Å². The Morgan fingerprint density at radius 2 is 1.50 bits per heavy atom. The predicted octanol–water partition coefficient (Wildman–Crippen LogP) is 3.51. The van der Waals surface area contributed by atoms with Gasteiger partial charge in [-0.25, -0.2) is 0 Å². The third-order valence-electron chi connectivity index (χ3n) is 3.67. The van der Waals surface area contributed by atoms with E-state index in [1.54, 1.807) is 6.20 Å². The molecule has 3 aromatic rings. The summed E-state index contributed by atoms with van der Waals surface area (Å²) in [6, 6.07) is 20.3. The van der Waals surface area contributed by atoms with Crippen molar-refractivity contribution in [2.45, 2.75) is 19.6 Å². The topological polar surface area (TPSA) is 53.6 Å². The summed E-state index contributed by atoms with van der Waals surface area (Å²) in [5.74, 6) is 0. The zero-order valence-corrected chi connectivity index (χ0v) is 14.0. The van der Waals surface area contributed by atoms with Crippen LogP contribution in [0.15, 0.2) is 67.0 Å². The standard InChI is InChI=1S/C19H18N4.ClH/c20-12-16-2-4-17(5-3-16)13-21-14-18-6-8-19(9-7-18)15-23-11-1-10-22-23;/h1-11,21H,13-15H2;1H. The lowest BCUT2D eigenvalue weighted by atomic mass is 10.1. The van der Waals surface area contributed by atoms with Gasteiger partial charge in [0.1, 0.15) is 0 Å². The molecule has 0 amide bonds. The molecule has 3 rings (SSSR count). The molecule has 0 fully saturated rings. The number of rotatable bonds is 6. The van der Waals surface area contributed by atoms with Crippen molar-refractivity contribution in [1.29, 1.82) is 5.26 Å². The van der Waals surface area contributed by atoms with Gasteiger partial charge in [-0.05, 0) is 34.9 Å². The van der Waals surface area contributed by atoms with Gasteiger partial charge < -0.3 is 5.32 Å². The van der Waals surface area contributed by atoms with Crippen LogP contribution in [0.1, 0.15) is 22.3 Å². The van der Waals surface area contributed by atoms with Gasteiger partial charge in [-0.2, -0.15) is 10.4 Å². The molecule has 0 saturated carbocycles. The van der Waals surface area contributed by atoms with E-state index >= 15 is 0 Å². The third kappa shape index (κ3) is 4.95. The minimum absolute atomic E-state index is 0. The molecule has 5 heteroatoms. The molecule has 0 aliphatic heterocycles.